The summed E-state index contributed by atoms with van der Waals surface area (Å²) in [5.41, 5.74) is 0. The number of aryl methyl sites for hydroxylation is 1. The Balaban J connectivity index is 1.64. The molecule has 0 bridgehead atoms. The second kappa shape index (κ2) is 5.93. The molecule has 7 heteroatoms. The number of halogens is 1. The summed E-state index contributed by atoms with van der Waals surface area (Å²) < 4.78 is 8.02. The number of furan rings is 1. The van der Waals surface area contributed by atoms with E-state index in [4.69, 9.17) is 4.42 Å². The van der Waals surface area contributed by atoms with Crippen LogP contribution < -0.4 is 4.90 Å². The third kappa shape index (κ3) is 2.83. The van der Waals surface area contributed by atoms with Gasteiger partial charge in [0.2, 0.25) is 5.95 Å². The molecule has 21 heavy (non-hydrogen) atoms. The minimum Gasteiger partial charge on any atom is -0.444 e. The van der Waals surface area contributed by atoms with Crippen LogP contribution in [0.25, 0.3) is 0 Å². The number of nitrogens with zero attached hydrogens (tertiary/aromatic N) is 4. The maximum absolute atomic E-state index is 12.3. The van der Waals surface area contributed by atoms with E-state index in [9.17, 15) is 4.79 Å². The normalized spacial score (nSPS) is 15.5. The second-order valence-corrected chi connectivity index (χ2v) is 5.68. The number of hydrogen-bond acceptors (Lipinski definition) is 4. The minimum absolute atomic E-state index is 0.0563. The molecule has 0 aromatic carbocycles. The van der Waals surface area contributed by atoms with Crippen molar-refractivity contribution in [3.63, 3.8) is 0 Å². The molecular weight excluding hydrogens is 336 g/mol. The molecule has 0 N–H and O–H groups in total. The zero-order valence-electron chi connectivity index (χ0n) is 11.8. The van der Waals surface area contributed by atoms with E-state index in [2.05, 4.69) is 37.3 Å². The zero-order valence-corrected chi connectivity index (χ0v) is 13.4. The number of piperazine rings is 1. The summed E-state index contributed by atoms with van der Waals surface area (Å²) in [5.74, 6) is 1.30. The number of anilines is 1. The van der Waals surface area contributed by atoms with E-state index in [0.29, 0.717) is 23.5 Å². The second-order valence-electron chi connectivity index (χ2n) is 4.90. The Kier molecular flexibility index (Phi) is 4.01. The molecule has 112 valence electrons. The van der Waals surface area contributed by atoms with Crippen LogP contribution in [-0.4, -0.2) is 46.5 Å². The SMILES string of the molecule is CCn1ccnc1N1CCN(C(=O)c2ccc(Br)o2)CC1. The lowest BCUT2D eigenvalue weighted by Crippen LogP contribution is -2.49. The van der Waals surface area contributed by atoms with Crippen molar-refractivity contribution >= 4 is 27.8 Å². The number of carbonyl (C=O) groups is 1. The van der Waals surface area contributed by atoms with Gasteiger partial charge >= 0.3 is 0 Å². The van der Waals surface area contributed by atoms with Gasteiger partial charge in [0.1, 0.15) is 0 Å². The Morgan fingerprint density at radius 2 is 2.10 bits per heavy atom. The topological polar surface area (TPSA) is 54.5 Å². The fraction of sp³-hybridized carbons (Fsp3) is 0.429. The van der Waals surface area contributed by atoms with Crippen LogP contribution in [0.15, 0.2) is 33.6 Å². The van der Waals surface area contributed by atoms with Crippen LogP contribution in [0.4, 0.5) is 5.95 Å². The molecule has 3 rings (SSSR count). The summed E-state index contributed by atoms with van der Waals surface area (Å²) in [6.45, 7) is 5.91. The van der Waals surface area contributed by atoms with Gasteiger partial charge in [-0.25, -0.2) is 4.98 Å². The highest BCUT2D eigenvalue weighted by Gasteiger charge is 2.25. The summed E-state index contributed by atoms with van der Waals surface area (Å²) in [6.07, 6.45) is 3.80. The van der Waals surface area contributed by atoms with E-state index in [1.165, 1.54) is 0 Å². The average Bonchev–Trinajstić information content (AvgIpc) is 3.15. The van der Waals surface area contributed by atoms with Crippen molar-refractivity contribution in [1.82, 2.24) is 14.5 Å². The molecule has 1 aliphatic rings. The number of amides is 1. The van der Waals surface area contributed by atoms with Crippen LogP contribution in [0.1, 0.15) is 17.5 Å². The number of hydrogen-bond donors (Lipinski definition) is 0. The molecule has 6 nitrogen and oxygen atoms in total. The first kappa shape index (κ1) is 14.2. The van der Waals surface area contributed by atoms with Gasteiger partial charge in [0.25, 0.3) is 5.91 Å². The smallest absolute Gasteiger partial charge is 0.289 e. The third-order valence-electron chi connectivity index (χ3n) is 3.67. The van der Waals surface area contributed by atoms with Crippen LogP contribution in [0.2, 0.25) is 0 Å². The highest BCUT2D eigenvalue weighted by atomic mass is 79.9. The van der Waals surface area contributed by atoms with Crippen LogP contribution in [0, 0.1) is 0 Å². The van der Waals surface area contributed by atoms with Crippen molar-refractivity contribution < 1.29 is 9.21 Å². The Hall–Kier alpha value is -1.76. The molecule has 2 aromatic rings. The molecule has 0 spiro atoms. The van der Waals surface area contributed by atoms with Crippen molar-refractivity contribution in [2.45, 2.75) is 13.5 Å². The molecule has 1 aliphatic heterocycles. The molecule has 1 saturated heterocycles. The maximum Gasteiger partial charge on any atom is 0.289 e. The van der Waals surface area contributed by atoms with Gasteiger partial charge in [-0.1, -0.05) is 0 Å². The molecule has 0 unspecified atom stereocenters. The third-order valence-corrected chi connectivity index (χ3v) is 4.09. The van der Waals surface area contributed by atoms with E-state index in [0.717, 1.165) is 25.6 Å². The predicted octanol–water partition coefficient (Wildman–Crippen LogP) is 2.22. The molecule has 0 aliphatic carbocycles. The molecule has 0 atom stereocenters. The van der Waals surface area contributed by atoms with Crippen molar-refractivity contribution in [3.8, 4) is 0 Å². The van der Waals surface area contributed by atoms with Crippen LogP contribution >= 0.6 is 15.9 Å². The Morgan fingerprint density at radius 3 is 2.71 bits per heavy atom. The van der Waals surface area contributed by atoms with Gasteiger partial charge in [-0.15, -0.1) is 0 Å². The Labute approximate surface area is 131 Å². The van der Waals surface area contributed by atoms with Gasteiger partial charge in [0.15, 0.2) is 10.4 Å². The lowest BCUT2D eigenvalue weighted by atomic mass is 10.3. The van der Waals surface area contributed by atoms with Crippen LogP contribution in [0.3, 0.4) is 0 Å². The predicted molar refractivity (Wildman–Crippen MR) is 82.4 cm³/mol. The number of imidazole rings is 1. The van der Waals surface area contributed by atoms with Gasteiger partial charge in [0, 0.05) is 45.1 Å². The Morgan fingerprint density at radius 1 is 1.33 bits per heavy atom. The first-order valence-corrected chi connectivity index (χ1v) is 7.79. The van der Waals surface area contributed by atoms with Crippen molar-refractivity contribution in [2.75, 3.05) is 31.1 Å². The number of rotatable bonds is 3. The molecule has 0 saturated carbocycles. The van der Waals surface area contributed by atoms with E-state index < -0.39 is 0 Å². The summed E-state index contributed by atoms with van der Waals surface area (Å²) in [7, 11) is 0. The van der Waals surface area contributed by atoms with Crippen LogP contribution in [-0.2, 0) is 6.54 Å². The van der Waals surface area contributed by atoms with Gasteiger partial charge in [0.05, 0.1) is 0 Å². The van der Waals surface area contributed by atoms with Crippen LogP contribution in [0.5, 0.6) is 0 Å². The summed E-state index contributed by atoms with van der Waals surface area (Å²) in [6, 6.07) is 3.43. The van der Waals surface area contributed by atoms with E-state index in [-0.39, 0.29) is 5.91 Å². The lowest BCUT2D eigenvalue weighted by Gasteiger charge is -2.35. The van der Waals surface area contributed by atoms with Gasteiger partial charge < -0.3 is 18.8 Å². The quantitative estimate of drug-likeness (QED) is 0.849. The molecule has 2 aromatic heterocycles. The maximum atomic E-state index is 12.3. The van der Waals surface area contributed by atoms with Crippen molar-refractivity contribution in [1.29, 1.82) is 0 Å². The first-order chi connectivity index (χ1) is 10.2. The lowest BCUT2D eigenvalue weighted by molar-refractivity contribution is 0.0712. The number of carbonyl (C=O) groups excluding carboxylic acids is 1. The van der Waals surface area contributed by atoms with E-state index >= 15 is 0 Å². The van der Waals surface area contributed by atoms with Gasteiger partial charge in [-0.3, -0.25) is 4.79 Å². The van der Waals surface area contributed by atoms with E-state index in [1.807, 2.05) is 17.3 Å². The van der Waals surface area contributed by atoms with Gasteiger partial charge in [-0.05, 0) is 35.0 Å². The fourth-order valence-electron chi connectivity index (χ4n) is 2.53. The summed E-state index contributed by atoms with van der Waals surface area (Å²) >= 11 is 3.22. The molecule has 3 heterocycles. The minimum atomic E-state index is -0.0563. The number of aromatic nitrogens is 2. The molecule has 1 amide bonds. The standard InChI is InChI=1S/C14H17BrN4O2/c1-2-17-6-5-16-14(17)19-9-7-18(8-10-19)13(20)11-3-4-12(15)21-11/h3-6H,2,7-10H2,1H3. The first-order valence-electron chi connectivity index (χ1n) is 6.99. The monoisotopic (exact) mass is 352 g/mol. The largest absolute Gasteiger partial charge is 0.444 e. The average molecular weight is 353 g/mol. The van der Waals surface area contributed by atoms with Crippen molar-refractivity contribution in [2.24, 2.45) is 0 Å². The highest BCUT2D eigenvalue weighted by Crippen LogP contribution is 2.18. The summed E-state index contributed by atoms with van der Waals surface area (Å²) in [5, 5.41) is 0. The fourth-order valence-corrected chi connectivity index (χ4v) is 2.83. The summed E-state index contributed by atoms with van der Waals surface area (Å²) in [4.78, 5) is 20.7. The molecule has 1 fully saturated rings. The molecular formula is C14H17BrN4O2. The highest BCUT2D eigenvalue weighted by molar-refractivity contribution is 9.10. The molecule has 0 radical (unpaired) electrons. The van der Waals surface area contributed by atoms with E-state index in [1.54, 1.807) is 12.1 Å². The van der Waals surface area contributed by atoms with Gasteiger partial charge in [-0.2, -0.15) is 0 Å². The zero-order chi connectivity index (χ0) is 14.8. The Bertz CT molecular complexity index is 628. The van der Waals surface area contributed by atoms with Crippen molar-refractivity contribution in [3.05, 3.63) is 35.0 Å².